The van der Waals surface area contributed by atoms with Crippen LogP contribution >= 0.6 is 0 Å². The first-order chi connectivity index (χ1) is 8.32. The van der Waals surface area contributed by atoms with Gasteiger partial charge >= 0.3 is 0 Å². The molecule has 0 unspecified atom stereocenters. The molecule has 1 rings (SSSR count). The van der Waals surface area contributed by atoms with Crippen molar-refractivity contribution in [3.05, 3.63) is 17.0 Å². The van der Waals surface area contributed by atoms with Crippen molar-refractivity contribution in [2.45, 2.75) is 46.7 Å². The Hall–Kier alpha value is -1.36. The molecule has 0 fully saturated rings. The van der Waals surface area contributed by atoms with E-state index in [1.54, 1.807) is 11.9 Å². The minimum absolute atomic E-state index is 0.0382. The zero-order valence-corrected chi connectivity index (χ0v) is 11.9. The minimum atomic E-state index is -0.435. The molecule has 5 heteroatoms. The lowest BCUT2D eigenvalue weighted by atomic mass is 10.0. The predicted octanol–water partition coefficient (Wildman–Crippen LogP) is 1.62. The van der Waals surface area contributed by atoms with Crippen LogP contribution in [0.3, 0.4) is 0 Å². The van der Waals surface area contributed by atoms with Gasteiger partial charge in [0, 0.05) is 12.6 Å². The van der Waals surface area contributed by atoms with E-state index in [2.05, 4.69) is 19.0 Å². The van der Waals surface area contributed by atoms with Crippen LogP contribution in [0.1, 0.15) is 37.3 Å². The number of hydrogen-bond donors (Lipinski definition) is 1. The summed E-state index contributed by atoms with van der Waals surface area (Å²) in [7, 11) is 1.76. The average Bonchev–Trinajstić information content (AvgIpc) is 2.58. The highest BCUT2D eigenvalue weighted by atomic mass is 16.5. The third-order valence-corrected chi connectivity index (χ3v) is 3.00. The second kappa shape index (κ2) is 6.00. The SMILES string of the molecule is Cc1noc(C)c1CN(C)C(=O)[C@@H](N)CC(C)C. The van der Waals surface area contributed by atoms with E-state index < -0.39 is 6.04 Å². The van der Waals surface area contributed by atoms with Gasteiger partial charge in [0.25, 0.3) is 0 Å². The van der Waals surface area contributed by atoms with E-state index in [0.717, 1.165) is 17.0 Å². The lowest BCUT2D eigenvalue weighted by molar-refractivity contribution is -0.132. The number of nitrogens with two attached hydrogens (primary N) is 1. The maximum atomic E-state index is 12.1. The number of rotatable bonds is 5. The fourth-order valence-electron chi connectivity index (χ4n) is 1.93. The molecule has 0 spiro atoms. The van der Waals surface area contributed by atoms with Gasteiger partial charge in [-0.25, -0.2) is 0 Å². The van der Waals surface area contributed by atoms with Gasteiger partial charge in [0.1, 0.15) is 5.76 Å². The summed E-state index contributed by atoms with van der Waals surface area (Å²) in [6.45, 7) is 8.33. The normalized spacial score (nSPS) is 12.8. The molecule has 0 saturated heterocycles. The molecule has 18 heavy (non-hydrogen) atoms. The predicted molar refractivity (Wildman–Crippen MR) is 69.9 cm³/mol. The van der Waals surface area contributed by atoms with Gasteiger partial charge in [0.15, 0.2) is 0 Å². The topological polar surface area (TPSA) is 72.4 Å². The average molecular weight is 253 g/mol. The fourth-order valence-corrected chi connectivity index (χ4v) is 1.93. The Morgan fingerprint density at radius 2 is 2.06 bits per heavy atom. The monoisotopic (exact) mass is 253 g/mol. The van der Waals surface area contributed by atoms with E-state index in [4.69, 9.17) is 10.3 Å². The van der Waals surface area contributed by atoms with Gasteiger partial charge in [-0.15, -0.1) is 0 Å². The van der Waals surface area contributed by atoms with Crippen molar-refractivity contribution in [1.29, 1.82) is 0 Å². The molecule has 1 heterocycles. The number of carbonyl (C=O) groups excluding carboxylic acids is 1. The van der Waals surface area contributed by atoms with Gasteiger partial charge < -0.3 is 15.2 Å². The second-order valence-electron chi connectivity index (χ2n) is 5.23. The summed E-state index contributed by atoms with van der Waals surface area (Å²) in [6, 6.07) is -0.435. The summed E-state index contributed by atoms with van der Waals surface area (Å²) in [4.78, 5) is 13.7. The molecule has 0 bridgehead atoms. The second-order valence-corrected chi connectivity index (χ2v) is 5.23. The summed E-state index contributed by atoms with van der Waals surface area (Å²) in [5.41, 5.74) is 7.68. The molecule has 0 aromatic carbocycles. The quantitative estimate of drug-likeness (QED) is 0.865. The first kappa shape index (κ1) is 14.7. The summed E-state index contributed by atoms with van der Waals surface area (Å²) < 4.78 is 5.08. The van der Waals surface area contributed by atoms with E-state index in [0.29, 0.717) is 18.9 Å². The van der Waals surface area contributed by atoms with Crippen molar-refractivity contribution in [2.75, 3.05) is 7.05 Å². The number of hydrogen-bond acceptors (Lipinski definition) is 4. The first-order valence-corrected chi connectivity index (χ1v) is 6.25. The smallest absolute Gasteiger partial charge is 0.239 e. The van der Waals surface area contributed by atoms with Crippen molar-refractivity contribution in [2.24, 2.45) is 11.7 Å². The molecule has 102 valence electrons. The molecule has 1 aromatic rings. The van der Waals surface area contributed by atoms with Crippen LogP contribution in [0.25, 0.3) is 0 Å². The molecule has 0 aliphatic rings. The summed E-state index contributed by atoms with van der Waals surface area (Å²) >= 11 is 0. The molecular formula is C13H23N3O2. The van der Waals surface area contributed by atoms with Gasteiger partial charge in [-0.3, -0.25) is 4.79 Å². The van der Waals surface area contributed by atoms with Gasteiger partial charge in [-0.2, -0.15) is 0 Å². The fraction of sp³-hybridized carbons (Fsp3) is 0.692. The molecule has 0 saturated carbocycles. The number of aromatic nitrogens is 1. The van der Waals surface area contributed by atoms with Crippen LogP contribution in [0.5, 0.6) is 0 Å². The number of aryl methyl sites for hydroxylation is 2. The first-order valence-electron chi connectivity index (χ1n) is 6.25. The van der Waals surface area contributed by atoms with Crippen LogP contribution < -0.4 is 5.73 Å². The largest absolute Gasteiger partial charge is 0.361 e. The third kappa shape index (κ3) is 3.57. The Morgan fingerprint density at radius 1 is 1.44 bits per heavy atom. The molecule has 2 N–H and O–H groups in total. The Kier molecular flexibility index (Phi) is 4.90. The van der Waals surface area contributed by atoms with E-state index in [1.165, 1.54) is 0 Å². The van der Waals surface area contributed by atoms with E-state index in [9.17, 15) is 4.79 Å². The van der Waals surface area contributed by atoms with Crippen molar-refractivity contribution in [3.8, 4) is 0 Å². The van der Waals surface area contributed by atoms with Crippen LogP contribution in [-0.2, 0) is 11.3 Å². The number of carbonyl (C=O) groups is 1. The highest BCUT2D eigenvalue weighted by Gasteiger charge is 2.21. The van der Waals surface area contributed by atoms with Crippen LogP contribution in [0.4, 0.5) is 0 Å². The number of likely N-dealkylation sites (N-methyl/N-ethyl adjacent to an activating group) is 1. The van der Waals surface area contributed by atoms with Crippen molar-refractivity contribution in [1.82, 2.24) is 10.1 Å². The molecule has 0 aliphatic heterocycles. The van der Waals surface area contributed by atoms with Gasteiger partial charge in [0.05, 0.1) is 18.3 Å². The lowest BCUT2D eigenvalue weighted by Gasteiger charge is -2.22. The molecule has 0 aliphatic carbocycles. The number of amides is 1. The maximum absolute atomic E-state index is 12.1. The molecule has 1 aromatic heterocycles. The van der Waals surface area contributed by atoms with Crippen molar-refractivity contribution >= 4 is 5.91 Å². The van der Waals surface area contributed by atoms with E-state index >= 15 is 0 Å². The van der Waals surface area contributed by atoms with Gasteiger partial charge in [0.2, 0.25) is 5.91 Å². The Bertz CT molecular complexity index is 393. The van der Waals surface area contributed by atoms with E-state index in [-0.39, 0.29) is 5.91 Å². The highest BCUT2D eigenvalue weighted by Crippen LogP contribution is 2.15. The Morgan fingerprint density at radius 3 is 2.50 bits per heavy atom. The summed E-state index contributed by atoms with van der Waals surface area (Å²) in [5, 5.41) is 3.88. The summed E-state index contributed by atoms with van der Waals surface area (Å²) in [5.74, 6) is 1.13. The zero-order chi connectivity index (χ0) is 13.9. The van der Waals surface area contributed by atoms with Crippen LogP contribution in [0.2, 0.25) is 0 Å². The molecule has 1 atom stereocenters. The third-order valence-electron chi connectivity index (χ3n) is 3.00. The molecule has 1 amide bonds. The van der Waals surface area contributed by atoms with Crippen LogP contribution in [-0.4, -0.2) is 29.1 Å². The lowest BCUT2D eigenvalue weighted by Crippen LogP contribution is -2.42. The summed E-state index contributed by atoms with van der Waals surface area (Å²) in [6.07, 6.45) is 0.699. The highest BCUT2D eigenvalue weighted by molar-refractivity contribution is 5.81. The zero-order valence-electron chi connectivity index (χ0n) is 11.9. The maximum Gasteiger partial charge on any atom is 0.239 e. The molecule has 0 radical (unpaired) electrons. The Labute approximate surface area is 108 Å². The van der Waals surface area contributed by atoms with E-state index in [1.807, 2.05) is 13.8 Å². The van der Waals surface area contributed by atoms with Crippen LogP contribution in [0.15, 0.2) is 4.52 Å². The number of nitrogens with zero attached hydrogens (tertiary/aromatic N) is 2. The molecular weight excluding hydrogens is 230 g/mol. The van der Waals surface area contributed by atoms with Gasteiger partial charge in [-0.1, -0.05) is 19.0 Å². The van der Waals surface area contributed by atoms with Crippen molar-refractivity contribution in [3.63, 3.8) is 0 Å². The standard InChI is InChI=1S/C13H23N3O2/c1-8(2)6-12(14)13(17)16(5)7-11-9(3)15-18-10(11)4/h8,12H,6-7,14H2,1-5H3/t12-/m0/s1. The van der Waals surface area contributed by atoms with Crippen molar-refractivity contribution < 1.29 is 9.32 Å². The molecule has 5 nitrogen and oxygen atoms in total. The van der Waals surface area contributed by atoms with Gasteiger partial charge in [-0.05, 0) is 26.2 Å². The Balaban J connectivity index is 2.65. The van der Waals surface area contributed by atoms with Crippen LogP contribution in [0, 0.1) is 19.8 Å². The minimum Gasteiger partial charge on any atom is -0.361 e.